The zero-order valence-electron chi connectivity index (χ0n) is 12.6. The van der Waals surface area contributed by atoms with Crippen molar-refractivity contribution in [2.75, 3.05) is 0 Å². The zero-order chi connectivity index (χ0) is 14.0. The Kier molecular flexibility index (Phi) is 8.13. The number of rotatable bonds is 4. The van der Waals surface area contributed by atoms with Crippen LogP contribution >= 0.6 is 0 Å². The summed E-state index contributed by atoms with van der Waals surface area (Å²) in [5.41, 5.74) is -0.546. The Morgan fingerprint density at radius 2 is 1.47 bits per heavy atom. The topological polar surface area (TPSA) is 20.2 Å². The molecule has 0 aromatic rings. The third kappa shape index (κ3) is 5.95. The molecule has 2 unspecified atom stereocenters. The van der Waals surface area contributed by atoms with E-state index in [0.717, 1.165) is 32.1 Å². The van der Waals surface area contributed by atoms with Crippen LogP contribution in [0.5, 0.6) is 0 Å². The number of aliphatic hydroxyl groups is 1. The minimum Gasteiger partial charge on any atom is -0.389 e. The molecule has 0 bridgehead atoms. The predicted molar refractivity (Wildman–Crippen MR) is 84.2 cm³/mol. The van der Waals surface area contributed by atoms with Crippen molar-refractivity contribution >= 4 is 0 Å². The maximum absolute atomic E-state index is 11.0. The van der Waals surface area contributed by atoms with Crippen LogP contribution in [0.4, 0.5) is 0 Å². The molecule has 1 saturated carbocycles. The van der Waals surface area contributed by atoms with E-state index in [-0.39, 0.29) is 0 Å². The summed E-state index contributed by atoms with van der Waals surface area (Å²) in [5.74, 6) is 0.363. The third-order valence-corrected chi connectivity index (χ3v) is 4.62. The molecule has 1 aliphatic carbocycles. The lowest BCUT2D eigenvalue weighted by atomic mass is 9.75. The molecule has 110 valence electrons. The Morgan fingerprint density at radius 1 is 0.895 bits per heavy atom. The highest BCUT2D eigenvalue weighted by Gasteiger charge is 2.33. The summed E-state index contributed by atoms with van der Waals surface area (Å²) in [6.45, 7) is 7.71. The summed E-state index contributed by atoms with van der Waals surface area (Å²) in [4.78, 5) is 0. The van der Waals surface area contributed by atoms with Crippen LogP contribution in [0.3, 0.4) is 0 Å². The van der Waals surface area contributed by atoms with E-state index >= 15 is 0 Å². The van der Waals surface area contributed by atoms with Crippen LogP contribution in [0.15, 0.2) is 25.3 Å². The van der Waals surface area contributed by atoms with Crippen LogP contribution in [0.25, 0.3) is 0 Å². The SMILES string of the molecule is C=CCC1CCCCCCCCCCC1(O)CC=C. The second kappa shape index (κ2) is 9.36. The lowest BCUT2D eigenvalue weighted by Crippen LogP contribution is -2.37. The van der Waals surface area contributed by atoms with E-state index < -0.39 is 5.60 Å². The van der Waals surface area contributed by atoms with E-state index in [4.69, 9.17) is 0 Å². The minimum absolute atomic E-state index is 0.363. The molecule has 0 aromatic carbocycles. The zero-order valence-corrected chi connectivity index (χ0v) is 12.6. The molecular weight excluding hydrogens is 232 g/mol. The Balaban J connectivity index is 2.69. The van der Waals surface area contributed by atoms with Gasteiger partial charge in [-0.25, -0.2) is 0 Å². The molecule has 1 heteroatoms. The van der Waals surface area contributed by atoms with Crippen molar-refractivity contribution in [1.82, 2.24) is 0 Å². The average Bonchev–Trinajstić information content (AvgIpc) is 2.38. The van der Waals surface area contributed by atoms with Gasteiger partial charge in [0.25, 0.3) is 0 Å². The van der Waals surface area contributed by atoms with Crippen molar-refractivity contribution < 1.29 is 5.11 Å². The minimum atomic E-state index is -0.546. The van der Waals surface area contributed by atoms with Gasteiger partial charge in [0.2, 0.25) is 0 Å². The fourth-order valence-electron chi connectivity index (χ4n) is 3.41. The van der Waals surface area contributed by atoms with Gasteiger partial charge in [0, 0.05) is 0 Å². The molecule has 0 aromatic heterocycles. The van der Waals surface area contributed by atoms with Gasteiger partial charge < -0.3 is 5.11 Å². The second-order valence-electron chi connectivity index (χ2n) is 6.18. The Morgan fingerprint density at radius 3 is 2.05 bits per heavy atom. The molecule has 1 nitrogen and oxygen atoms in total. The van der Waals surface area contributed by atoms with Crippen molar-refractivity contribution in [3.8, 4) is 0 Å². The van der Waals surface area contributed by atoms with E-state index in [1.165, 1.54) is 44.9 Å². The van der Waals surface area contributed by atoms with E-state index in [9.17, 15) is 5.11 Å². The number of allylic oxidation sites excluding steroid dienone is 1. The van der Waals surface area contributed by atoms with Crippen molar-refractivity contribution in [1.29, 1.82) is 0 Å². The maximum atomic E-state index is 11.0. The first-order chi connectivity index (χ1) is 9.23. The van der Waals surface area contributed by atoms with Crippen molar-refractivity contribution in [3.05, 3.63) is 25.3 Å². The quantitative estimate of drug-likeness (QED) is 0.674. The largest absolute Gasteiger partial charge is 0.389 e. The lowest BCUT2D eigenvalue weighted by Gasteiger charge is -2.36. The Bertz CT molecular complexity index is 258. The number of hydrogen-bond donors (Lipinski definition) is 1. The molecule has 0 radical (unpaired) electrons. The molecule has 1 aliphatic rings. The van der Waals surface area contributed by atoms with Gasteiger partial charge in [-0.3, -0.25) is 0 Å². The van der Waals surface area contributed by atoms with Crippen LogP contribution in [0.1, 0.15) is 77.0 Å². The highest BCUT2D eigenvalue weighted by atomic mass is 16.3. The fraction of sp³-hybridized carbons (Fsp3) is 0.778. The molecule has 1 N–H and O–H groups in total. The van der Waals surface area contributed by atoms with Crippen LogP contribution in [-0.2, 0) is 0 Å². The first-order valence-electron chi connectivity index (χ1n) is 8.17. The van der Waals surface area contributed by atoms with E-state index in [1.54, 1.807) is 0 Å². The van der Waals surface area contributed by atoms with Gasteiger partial charge in [0.1, 0.15) is 0 Å². The molecule has 1 rings (SSSR count). The van der Waals surface area contributed by atoms with Crippen molar-refractivity contribution in [2.24, 2.45) is 5.92 Å². The van der Waals surface area contributed by atoms with Gasteiger partial charge in [-0.05, 0) is 31.6 Å². The van der Waals surface area contributed by atoms with E-state index in [0.29, 0.717) is 5.92 Å². The summed E-state index contributed by atoms with van der Waals surface area (Å²) in [7, 11) is 0. The molecule has 0 amide bonds. The van der Waals surface area contributed by atoms with Crippen molar-refractivity contribution in [2.45, 2.75) is 82.7 Å². The van der Waals surface area contributed by atoms with Gasteiger partial charge in [-0.15, -0.1) is 13.2 Å². The third-order valence-electron chi connectivity index (χ3n) is 4.62. The fourth-order valence-corrected chi connectivity index (χ4v) is 3.41. The lowest BCUT2D eigenvalue weighted by molar-refractivity contribution is -0.0292. The molecule has 0 aliphatic heterocycles. The van der Waals surface area contributed by atoms with E-state index in [2.05, 4.69) is 13.2 Å². The van der Waals surface area contributed by atoms with Gasteiger partial charge in [0.15, 0.2) is 0 Å². The summed E-state index contributed by atoms with van der Waals surface area (Å²) in [6, 6.07) is 0. The maximum Gasteiger partial charge on any atom is 0.0712 e. The molecule has 19 heavy (non-hydrogen) atoms. The first-order valence-corrected chi connectivity index (χ1v) is 8.17. The van der Waals surface area contributed by atoms with Crippen molar-refractivity contribution in [3.63, 3.8) is 0 Å². The van der Waals surface area contributed by atoms with E-state index in [1.807, 2.05) is 12.2 Å². The highest BCUT2D eigenvalue weighted by Crippen LogP contribution is 2.35. The molecule has 2 atom stereocenters. The summed E-state index contributed by atoms with van der Waals surface area (Å²) in [6.07, 6.45) is 18.0. The molecule has 1 fully saturated rings. The van der Waals surface area contributed by atoms with Crippen LogP contribution in [0.2, 0.25) is 0 Å². The van der Waals surface area contributed by atoms with Gasteiger partial charge in [-0.1, -0.05) is 63.5 Å². The molecule has 0 saturated heterocycles. The summed E-state index contributed by atoms with van der Waals surface area (Å²) in [5, 5.41) is 11.0. The van der Waals surface area contributed by atoms with Gasteiger partial charge in [0.05, 0.1) is 5.60 Å². The van der Waals surface area contributed by atoms with Crippen LogP contribution in [-0.4, -0.2) is 10.7 Å². The van der Waals surface area contributed by atoms with Crippen LogP contribution in [0, 0.1) is 5.92 Å². The van der Waals surface area contributed by atoms with Crippen LogP contribution < -0.4 is 0 Å². The monoisotopic (exact) mass is 264 g/mol. The van der Waals surface area contributed by atoms with Gasteiger partial charge in [-0.2, -0.15) is 0 Å². The second-order valence-corrected chi connectivity index (χ2v) is 6.18. The summed E-state index contributed by atoms with van der Waals surface area (Å²) >= 11 is 0. The predicted octanol–water partition coefficient (Wildman–Crippen LogP) is 5.40. The Hall–Kier alpha value is -0.560. The molecule has 0 heterocycles. The number of hydrogen-bond acceptors (Lipinski definition) is 1. The summed E-state index contributed by atoms with van der Waals surface area (Å²) < 4.78 is 0. The smallest absolute Gasteiger partial charge is 0.0712 e. The molecular formula is C18H32O. The van der Waals surface area contributed by atoms with Gasteiger partial charge >= 0.3 is 0 Å². The normalized spacial score (nSPS) is 30.9. The molecule has 0 spiro atoms. The first kappa shape index (κ1) is 16.5. The Labute approximate surface area is 119 Å². The highest BCUT2D eigenvalue weighted by molar-refractivity contribution is 4.94. The average molecular weight is 264 g/mol. The standard InChI is InChI=1S/C18H32O/c1-3-13-17-14-11-9-7-5-6-8-10-12-16-18(17,19)15-4-2/h3-4,17,19H,1-2,5-16H2.